The fourth-order valence-corrected chi connectivity index (χ4v) is 1.84. The van der Waals surface area contributed by atoms with Crippen molar-refractivity contribution in [1.29, 1.82) is 0 Å². The Bertz CT molecular complexity index is 318. The van der Waals surface area contributed by atoms with E-state index in [4.69, 9.17) is 0 Å². The minimum atomic E-state index is 0.433. The topological polar surface area (TPSA) is 6.48 Å². The van der Waals surface area contributed by atoms with Gasteiger partial charge in [0.1, 0.15) is 6.17 Å². The van der Waals surface area contributed by atoms with Crippen molar-refractivity contribution in [2.75, 3.05) is 11.4 Å². The van der Waals surface area contributed by atoms with Gasteiger partial charge in [0.25, 0.3) is 0 Å². The van der Waals surface area contributed by atoms with E-state index in [-0.39, 0.29) is 0 Å². The van der Waals surface area contributed by atoms with Gasteiger partial charge in [-0.3, -0.25) is 0 Å². The van der Waals surface area contributed by atoms with Gasteiger partial charge < -0.3 is 9.80 Å². The molecule has 0 saturated heterocycles. The van der Waals surface area contributed by atoms with Crippen LogP contribution in [0.1, 0.15) is 13.8 Å². The minimum Gasteiger partial charge on any atom is -0.356 e. The average Bonchev–Trinajstić information content (AvgIpc) is 2.61. The van der Waals surface area contributed by atoms with E-state index in [0.29, 0.717) is 6.17 Å². The van der Waals surface area contributed by atoms with Crippen LogP contribution in [0.3, 0.4) is 0 Å². The summed E-state index contributed by atoms with van der Waals surface area (Å²) >= 11 is 0. The van der Waals surface area contributed by atoms with Crippen LogP contribution in [0, 0.1) is 0 Å². The second-order valence-electron chi connectivity index (χ2n) is 3.50. The van der Waals surface area contributed by atoms with Crippen molar-refractivity contribution in [1.82, 2.24) is 4.90 Å². The third kappa shape index (κ3) is 1.48. The molecule has 1 aliphatic rings. The van der Waals surface area contributed by atoms with Crippen LogP contribution in [0.4, 0.5) is 5.69 Å². The Morgan fingerprint density at radius 1 is 1.14 bits per heavy atom. The molecular weight excluding hydrogens is 172 g/mol. The van der Waals surface area contributed by atoms with Crippen LogP contribution in [0.2, 0.25) is 0 Å². The molecule has 0 fully saturated rings. The lowest BCUT2D eigenvalue weighted by Crippen LogP contribution is -2.35. The molecule has 0 N–H and O–H groups in total. The number of anilines is 1. The van der Waals surface area contributed by atoms with E-state index in [1.165, 1.54) is 5.69 Å². The maximum atomic E-state index is 2.31. The van der Waals surface area contributed by atoms with Gasteiger partial charge in [-0.15, -0.1) is 0 Å². The van der Waals surface area contributed by atoms with Gasteiger partial charge in [0.2, 0.25) is 0 Å². The molecule has 2 nitrogen and oxygen atoms in total. The fraction of sp³-hybridized carbons (Fsp3) is 0.333. The van der Waals surface area contributed by atoms with E-state index in [1.807, 2.05) is 6.07 Å². The standard InChI is InChI=1S/C12H16N2/c1-3-13-9-10-14(11(13)2)12-7-5-4-6-8-12/h4-11H,3H2,1-2H3. The number of benzene rings is 1. The highest BCUT2D eigenvalue weighted by atomic mass is 15.4. The molecule has 0 amide bonds. The van der Waals surface area contributed by atoms with Gasteiger partial charge in [-0.2, -0.15) is 0 Å². The normalized spacial score (nSPS) is 20.6. The second kappa shape index (κ2) is 3.74. The third-order valence-electron chi connectivity index (χ3n) is 2.72. The first kappa shape index (κ1) is 9.13. The summed E-state index contributed by atoms with van der Waals surface area (Å²) in [7, 11) is 0. The number of rotatable bonds is 2. The molecule has 1 aliphatic heterocycles. The van der Waals surface area contributed by atoms with Crippen LogP contribution < -0.4 is 4.90 Å². The summed E-state index contributed by atoms with van der Waals surface area (Å²) in [6.07, 6.45) is 4.73. The monoisotopic (exact) mass is 188 g/mol. The predicted octanol–water partition coefficient (Wildman–Crippen LogP) is 2.65. The number of hydrogen-bond donors (Lipinski definition) is 0. The molecule has 1 unspecified atom stereocenters. The van der Waals surface area contributed by atoms with E-state index in [2.05, 4.69) is 60.3 Å². The van der Waals surface area contributed by atoms with Crippen molar-refractivity contribution in [2.45, 2.75) is 20.0 Å². The largest absolute Gasteiger partial charge is 0.356 e. The van der Waals surface area contributed by atoms with Crippen LogP contribution in [-0.4, -0.2) is 17.6 Å². The highest BCUT2D eigenvalue weighted by Crippen LogP contribution is 2.23. The third-order valence-corrected chi connectivity index (χ3v) is 2.72. The summed E-state index contributed by atoms with van der Waals surface area (Å²) in [5, 5.41) is 0. The lowest BCUT2D eigenvalue weighted by atomic mass is 10.3. The number of hydrogen-bond acceptors (Lipinski definition) is 2. The zero-order valence-corrected chi connectivity index (χ0v) is 8.72. The summed E-state index contributed by atoms with van der Waals surface area (Å²) in [6, 6.07) is 10.5. The molecule has 0 bridgehead atoms. The molecular formula is C12H16N2. The van der Waals surface area contributed by atoms with Gasteiger partial charge >= 0.3 is 0 Å². The molecule has 1 atom stereocenters. The average molecular weight is 188 g/mol. The van der Waals surface area contributed by atoms with Crippen molar-refractivity contribution in [3.8, 4) is 0 Å². The Balaban J connectivity index is 2.19. The zero-order chi connectivity index (χ0) is 9.97. The molecule has 74 valence electrons. The highest BCUT2D eigenvalue weighted by molar-refractivity contribution is 5.51. The van der Waals surface area contributed by atoms with Gasteiger partial charge in [-0.1, -0.05) is 18.2 Å². The Hall–Kier alpha value is -1.44. The number of nitrogens with zero attached hydrogens (tertiary/aromatic N) is 2. The van der Waals surface area contributed by atoms with Crippen LogP contribution in [0.5, 0.6) is 0 Å². The molecule has 14 heavy (non-hydrogen) atoms. The van der Waals surface area contributed by atoms with Gasteiger partial charge in [0, 0.05) is 24.6 Å². The van der Waals surface area contributed by atoms with E-state index < -0.39 is 0 Å². The Morgan fingerprint density at radius 2 is 1.86 bits per heavy atom. The van der Waals surface area contributed by atoms with Crippen LogP contribution >= 0.6 is 0 Å². The number of para-hydroxylation sites is 1. The fourth-order valence-electron chi connectivity index (χ4n) is 1.84. The highest BCUT2D eigenvalue weighted by Gasteiger charge is 2.20. The molecule has 0 aliphatic carbocycles. The smallest absolute Gasteiger partial charge is 0.102 e. The maximum Gasteiger partial charge on any atom is 0.102 e. The Kier molecular flexibility index (Phi) is 2.44. The molecule has 1 aromatic rings. The minimum absolute atomic E-state index is 0.433. The molecule has 1 heterocycles. The Morgan fingerprint density at radius 3 is 2.43 bits per heavy atom. The van der Waals surface area contributed by atoms with Gasteiger partial charge in [-0.05, 0) is 26.0 Å². The quantitative estimate of drug-likeness (QED) is 0.704. The van der Waals surface area contributed by atoms with E-state index in [1.54, 1.807) is 0 Å². The maximum absolute atomic E-state index is 2.31. The lowest BCUT2D eigenvalue weighted by Gasteiger charge is -2.28. The van der Waals surface area contributed by atoms with E-state index in [9.17, 15) is 0 Å². The molecule has 0 spiro atoms. The van der Waals surface area contributed by atoms with Crippen molar-refractivity contribution < 1.29 is 0 Å². The van der Waals surface area contributed by atoms with Crippen molar-refractivity contribution >= 4 is 5.69 Å². The summed E-state index contributed by atoms with van der Waals surface area (Å²) in [6.45, 7) is 5.45. The van der Waals surface area contributed by atoms with E-state index in [0.717, 1.165) is 6.54 Å². The summed E-state index contributed by atoms with van der Waals surface area (Å²) in [4.78, 5) is 4.59. The van der Waals surface area contributed by atoms with Crippen LogP contribution in [-0.2, 0) is 0 Å². The van der Waals surface area contributed by atoms with Crippen molar-refractivity contribution in [3.63, 3.8) is 0 Å². The van der Waals surface area contributed by atoms with Crippen molar-refractivity contribution in [3.05, 3.63) is 42.7 Å². The zero-order valence-electron chi connectivity index (χ0n) is 8.72. The molecule has 0 saturated carbocycles. The summed E-state index contributed by atoms with van der Waals surface area (Å²) in [5.74, 6) is 0. The molecule has 0 aromatic heterocycles. The van der Waals surface area contributed by atoms with Gasteiger partial charge in [0.05, 0.1) is 0 Å². The van der Waals surface area contributed by atoms with Crippen LogP contribution in [0.15, 0.2) is 42.7 Å². The first-order chi connectivity index (χ1) is 6.83. The van der Waals surface area contributed by atoms with Crippen molar-refractivity contribution in [2.24, 2.45) is 0 Å². The van der Waals surface area contributed by atoms with E-state index >= 15 is 0 Å². The van der Waals surface area contributed by atoms with Crippen LogP contribution in [0.25, 0.3) is 0 Å². The molecule has 2 rings (SSSR count). The summed E-state index contributed by atoms with van der Waals surface area (Å²) < 4.78 is 0. The predicted molar refractivity (Wildman–Crippen MR) is 59.9 cm³/mol. The Labute approximate surface area is 85.4 Å². The molecule has 1 aromatic carbocycles. The SMILES string of the molecule is CCN1C=CN(c2ccccc2)C1C. The first-order valence-corrected chi connectivity index (χ1v) is 5.10. The van der Waals surface area contributed by atoms with Gasteiger partial charge in [0.15, 0.2) is 0 Å². The molecule has 0 radical (unpaired) electrons. The van der Waals surface area contributed by atoms with Gasteiger partial charge in [-0.25, -0.2) is 0 Å². The molecule has 2 heteroatoms. The lowest BCUT2D eigenvalue weighted by molar-refractivity contribution is 0.335. The first-order valence-electron chi connectivity index (χ1n) is 5.10. The summed E-state index contributed by atoms with van der Waals surface area (Å²) in [5.41, 5.74) is 1.26. The second-order valence-corrected chi connectivity index (χ2v) is 3.50.